The minimum atomic E-state index is -0.412. The number of aromatic nitrogens is 3. The van der Waals surface area contributed by atoms with E-state index in [2.05, 4.69) is 26.2 Å². The molecule has 0 aliphatic carbocycles. The molecule has 0 aromatic carbocycles. The molecule has 118 valence electrons. The topological polar surface area (TPSA) is 69.0 Å². The minimum absolute atomic E-state index is 0.412. The summed E-state index contributed by atoms with van der Waals surface area (Å²) in [6.07, 6.45) is 2.39. The maximum absolute atomic E-state index is 11.0. The lowest BCUT2D eigenvalue weighted by atomic mass is 10.1. The summed E-state index contributed by atoms with van der Waals surface area (Å²) < 4.78 is 6.45. The molecular weight excluding hydrogens is 280 g/mol. The number of nitrogens with one attached hydrogen (secondary N) is 1. The van der Waals surface area contributed by atoms with Crippen molar-refractivity contribution in [3.63, 3.8) is 0 Å². The molecule has 0 fully saturated rings. The van der Waals surface area contributed by atoms with Crippen molar-refractivity contribution in [2.24, 2.45) is 0 Å². The lowest BCUT2D eigenvalue weighted by molar-refractivity contribution is 0.170. The van der Waals surface area contributed by atoms with E-state index in [0.717, 1.165) is 34.4 Å². The maximum Gasteiger partial charge on any atom is 0.406 e. The normalized spacial score (nSPS) is 11.7. The van der Waals surface area contributed by atoms with Crippen LogP contribution in [0.5, 0.6) is 0 Å². The number of carbonyl (C=O) groups is 1. The molecule has 0 saturated heterocycles. The Bertz CT molecular complexity index is 703. The van der Waals surface area contributed by atoms with Crippen molar-refractivity contribution < 1.29 is 9.53 Å². The van der Waals surface area contributed by atoms with Gasteiger partial charge in [-0.05, 0) is 44.9 Å². The number of nitrogens with zero attached hydrogens (tertiary/aromatic N) is 3. The largest absolute Gasteiger partial charge is 0.453 e. The summed E-state index contributed by atoms with van der Waals surface area (Å²) in [5, 5.41) is 8.41. The van der Waals surface area contributed by atoms with E-state index < -0.39 is 6.09 Å². The van der Waals surface area contributed by atoms with Crippen molar-refractivity contribution in [3.05, 3.63) is 29.6 Å². The quantitative estimate of drug-likeness (QED) is 0.862. The average molecular weight is 302 g/mol. The number of hydrogen-bond acceptors (Lipinski definition) is 4. The number of aryl methyl sites for hydroxylation is 2. The monoisotopic (exact) mass is 302 g/mol. The predicted molar refractivity (Wildman–Crippen MR) is 86.6 cm³/mol. The Morgan fingerprint density at radius 3 is 2.91 bits per heavy atom. The molecule has 0 aliphatic heterocycles. The first kappa shape index (κ1) is 16.0. The fourth-order valence-corrected chi connectivity index (χ4v) is 2.22. The van der Waals surface area contributed by atoms with E-state index in [4.69, 9.17) is 0 Å². The Kier molecular flexibility index (Phi) is 5.14. The molecule has 0 bridgehead atoms. The van der Waals surface area contributed by atoms with Gasteiger partial charge in [-0.15, -0.1) is 0 Å². The second kappa shape index (κ2) is 7.06. The zero-order valence-electron chi connectivity index (χ0n) is 13.5. The summed E-state index contributed by atoms with van der Waals surface area (Å²) >= 11 is 0. The van der Waals surface area contributed by atoms with Crippen LogP contribution in [-0.2, 0) is 11.3 Å². The molecule has 2 aromatic heterocycles. The van der Waals surface area contributed by atoms with Crippen LogP contribution in [0.15, 0.2) is 18.2 Å². The third-order valence-electron chi connectivity index (χ3n) is 3.54. The molecule has 1 N–H and O–H groups in total. The zero-order chi connectivity index (χ0) is 16.1. The highest BCUT2D eigenvalue weighted by Crippen LogP contribution is 2.23. The predicted octanol–water partition coefficient (Wildman–Crippen LogP) is 2.91. The number of alkyl carbamates (subject to hydrolysis) is 1. The Labute approximate surface area is 130 Å². The van der Waals surface area contributed by atoms with Crippen LogP contribution >= 0.6 is 0 Å². The number of rotatable bonds is 5. The number of carbonyl (C=O) groups excluding carboxylic acids is 1. The van der Waals surface area contributed by atoms with Crippen molar-refractivity contribution in [2.45, 2.75) is 33.7 Å². The van der Waals surface area contributed by atoms with E-state index in [9.17, 15) is 4.79 Å². The van der Waals surface area contributed by atoms with Crippen molar-refractivity contribution >= 4 is 22.7 Å². The first-order valence-electron chi connectivity index (χ1n) is 7.36. The number of amides is 1. The minimum Gasteiger partial charge on any atom is -0.453 e. The molecule has 0 atom stereocenters. The summed E-state index contributed by atoms with van der Waals surface area (Å²) in [5.74, 6) is 0. The summed E-state index contributed by atoms with van der Waals surface area (Å²) in [7, 11) is 1.36. The Balaban J connectivity index is 2.22. The standard InChI is InChI=1S/C16H22N4O2/c1-5-11(2)14-13-8-7-12(3)18-15(13)20(19-14)10-6-9-17-16(21)22-4/h5,7-8H,6,9-10H2,1-4H3,(H,17,21)/b11-5-. The average Bonchev–Trinajstić information content (AvgIpc) is 2.88. The molecule has 0 unspecified atom stereocenters. The lowest BCUT2D eigenvalue weighted by Crippen LogP contribution is -2.25. The van der Waals surface area contributed by atoms with Crippen LogP contribution in [0.25, 0.3) is 16.6 Å². The third kappa shape index (κ3) is 3.44. The number of hydrogen-bond donors (Lipinski definition) is 1. The Hall–Kier alpha value is -2.37. The van der Waals surface area contributed by atoms with Crippen LogP contribution in [0.3, 0.4) is 0 Å². The second-order valence-electron chi connectivity index (χ2n) is 5.14. The number of ether oxygens (including phenoxy) is 1. The summed E-state index contributed by atoms with van der Waals surface area (Å²) in [5.41, 5.74) is 3.94. The molecule has 0 aliphatic rings. The molecule has 0 saturated carbocycles. The van der Waals surface area contributed by atoms with Crippen molar-refractivity contribution in [3.8, 4) is 0 Å². The molecule has 2 aromatic rings. The number of fused-ring (bicyclic) bond motifs is 1. The van der Waals surface area contributed by atoms with Crippen molar-refractivity contribution in [1.29, 1.82) is 0 Å². The molecule has 6 nitrogen and oxygen atoms in total. The van der Waals surface area contributed by atoms with Gasteiger partial charge in [-0.2, -0.15) is 5.10 Å². The molecule has 22 heavy (non-hydrogen) atoms. The lowest BCUT2D eigenvalue weighted by Gasteiger charge is -2.05. The van der Waals surface area contributed by atoms with Gasteiger partial charge in [0.1, 0.15) is 0 Å². The fraction of sp³-hybridized carbons (Fsp3) is 0.438. The highest BCUT2D eigenvalue weighted by molar-refractivity contribution is 5.88. The van der Waals surface area contributed by atoms with Gasteiger partial charge in [0.05, 0.1) is 12.8 Å². The van der Waals surface area contributed by atoms with E-state index in [-0.39, 0.29) is 0 Å². The number of allylic oxidation sites excluding steroid dienone is 2. The van der Waals surface area contributed by atoms with E-state index >= 15 is 0 Å². The van der Waals surface area contributed by atoms with Gasteiger partial charge in [-0.1, -0.05) is 6.08 Å². The van der Waals surface area contributed by atoms with E-state index in [1.54, 1.807) is 0 Å². The van der Waals surface area contributed by atoms with Crippen LogP contribution in [0.4, 0.5) is 4.79 Å². The van der Waals surface area contributed by atoms with Crippen LogP contribution in [-0.4, -0.2) is 34.5 Å². The molecule has 1 amide bonds. The maximum atomic E-state index is 11.0. The SMILES string of the molecule is C/C=C(/C)c1nn(CCCNC(=O)OC)c2nc(C)ccc12. The summed E-state index contributed by atoms with van der Waals surface area (Å²) in [4.78, 5) is 15.6. The fourth-order valence-electron chi connectivity index (χ4n) is 2.22. The molecular formula is C16H22N4O2. The molecule has 0 spiro atoms. The van der Waals surface area contributed by atoms with E-state index in [1.165, 1.54) is 7.11 Å². The van der Waals surface area contributed by atoms with E-state index in [0.29, 0.717) is 13.1 Å². The van der Waals surface area contributed by atoms with Gasteiger partial charge in [-0.25, -0.2) is 14.5 Å². The van der Waals surface area contributed by atoms with Gasteiger partial charge in [0, 0.05) is 24.2 Å². The first-order chi connectivity index (χ1) is 10.6. The summed E-state index contributed by atoms with van der Waals surface area (Å²) in [6.45, 7) is 7.25. The molecule has 6 heteroatoms. The smallest absolute Gasteiger partial charge is 0.406 e. The van der Waals surface area contributed by atoms with Gasteiger partial charge in [-0.3, -0.25) is 0 Å². The zero-order valence-corrected chi connectivity index (χ0v) is 13.5. The first-order valence-corrected chi connectivity index (χ1v) is 7.36. The van der Waals surface area contributed by atoms with Crippen molar-refractivity contribution in [2.75, 3.05) is 13.7 Å². The van der Waals surface area contributed by atoms with Gasteiger partial charge in [0.25, 0.3) is 0 Å². The molecule has 2 rings (SSSR count). The highest BCUT2D eigenvalue weighted by Gasteiger charge is 2.12. The van der Waals surface area contributed by atoms with Crippen LogP contribution < -0.4 is 5.32 Å². The van der Waals surface area contributed by atoms with Crippen molar-refractivity contribution in [1.82, 2.24) is 20.1 Å². The highest BCUT2D eigenvalue weighted by atomic mass is 16.5. The van der Waals surface area contributed by atoms with Crippen LogP contribution in [0.1, 0.15) is 31.7 Å². The third-order valence-corrected chi connectivity index (χ3v) is 3.54. The van der Waals surface area contributed by atoms with Gasteiger partial charge >= 0.3 is 6.09 Å². The van der Waals surface area contributed by atoms with Gasteiger partial charge in [0.2, 0.25) is 0 Å². The van der Waals surface area contributed by atoms with Gasteiger partial charge in [0.15, 0.2) is 5.65 Å². The Morgan fingerprint density at radius 2 is 2.23 bits per heavy atom. The number of pyridine rings is 1. The molecule has 0 radical (unpaired) electrons. The van der Waals surface area contributed by atoms with Crippen LogP contribution in [0.2, 0.25) is 0 Å². The summed E-state index contributed by atoms with van der Waals surface area (Å²) in [6, 6.07) is 4.07. The number of methoxy groups -OCH3 is 1. The molecule has 2 heterocycles. The van der Waals surface area contributed by atoms with Gasteiger partial charge < -0.3 is 10.1 Å². The Morgan fingerprint density at radius 1 is 1.45 bits per heavy atom. The van der Waals surface area contributed by atoms with Crippen LogP contribution in [0, 0.1) is 6.92 Å². The second-order valence-corrected chi connectivity index (χ2v) is 5.14. The van der Waals surface area contributed by atoms with E-state index in [1.807, 2.05) is 37.6 Å².